The SMILES string of the molecule is CNC1COc2cc(C(F)(F)F)sc2C1. The van der Waals surface area contributed by atoms with Crippen molar-refractivity contribution in [1.29, 1.82) is 0 Å². The van der Waals surface area contributed by atoms with Crippen molar-refractivity contribution in [2.45, 2.75) is 18.6 Å². The molecule has 1 aromatic rings. The van der Waals surface area contributed by atoms with Gasteiger partial charge in [-0.2, -0.15) is 13.2 Å². The van der Waals surface area contributed by atoms with E-state index in [0.717, 1.165) is 17.4 Å². The van der Waals surface area contributed by atoms with E-state index < -0.39 is 11.1 Å². The van der Waals surface area contributed by atoms with E-state index in [0.29, 0.717) is 23.7 Å². The van der Waals surface area contributed by atoms with E-state index in [-0.39, 0.29) is 6.04 Å². The van der Waals surface area contributed by atoms with Crippen LogP contribution in [0.3, 0.4) is 0 Å². The van der Waals surface area contributed by atoms with Crippen molar-refractivity contribution < 1.29 is 17.9 Å². The minimum absolute atomic E-state index is 0.109. The number of rotatable bonds is 1. The molecule has 1 aliphatic heterocycles. The van der Waals surface area contributed by atoms with Crippen LogP contribution in [0.4, 0.5) is 13.2 Å². The predicted octanol–water partition coefficient (Wildman–Crippen LogP) is 2.29. The van der Waals surface area contributed by atoms with Crippen LogP contribution in [-0.4, -0.2) is 19.7 Å². The van der Waals surface area contributed by atoms with Crippen molar-refractivity contribution in [2.75, 3.05) is 13.7 Å². The van der Waals surface area contributed by atoms with Crippen LogP contribution >= 0.6 is 11.3 Å². The van der Waals surface area contributed by atoms with Gasteiger partial charge in [-0.05, 0) is 7.05 Å². The highest BCUT2D eigenvalue weighted by molar-refractivity contribution is 7.12. The highest BCUT2D eigenvalue weighted by Crippen LogP contribution is 2.41. The molecule has 0 bridgehead atoms. The average Bonchev–Trinajstić information content (AvgIpc) is 2.59. The van der Waals surface area contributed by atoms with Crippen LogP contribution in [-0.2, 0) is 12.6 Å². The summed E-state index contributed by atoms with van der Waals surface area (Å²) < 4.78 is 42.4. The molecule has 1 aliphatic rings. The van der Waals surface area contributed by atoms with E-state index in [1.807, 2.05) is 0 Å². The van der Waals surface area contributed by atoms with Crippen LogP contribution in [0, 0.1) is 0 Å². The molecule has 1 N–H and O–H groups in total. The summed E-state index contributed by atoms with van der Waals surface area (Å²) >= 11 is 0.771. The van der Waals surface area contributed by atoms with Gasteiger partial charge in [-0.3, -0.25) is 0 Å². The fourth-order valence-corrected chi connectivity index (χ4v) is 2.52. The second-order valence-corrected chi connectivity index (χ2v) is 4.53. The van der Waals surface area contributed by atoms with E-state index in [4.69, 9.17) is 4.74 Å². The Labute approximate surface area is 89.1 Å². The third-order valence-electron chi connectivity index (χ3n) is 2.33. The molecule has 0 saturated carbocycles. The summed E-state index contributed by atoms with van der Waals surface area (Å²) in [6.07, 6.45) is -3.66. The van der Waals surface area contributed by atoms with Gasteiger partial charge in [0.1, 0.15) is 17.2 Å². The zero-order valence-electron chi connectivity index (χ0n) is 8.02. The van der Waals surface area contributed by atoms with Gasteiger partial charge in [0.15, 0.2) is 0 Å². The molecule has 0 radical (unpaired) electrons. The van der Waals surface area contributed by atoms with Crippen LogP contribution in [0.2, 0.25) is 0 Å². The van der Waals surface area contributed by atoms with Crippen LogP contribution in [0.5, 0.6) is 5.75 Å². The molecule has 2 rings (SSSR count). The molecular weight excluding hydrogens is 227 g/mol. The van der Waals surface area contributed by atoms with E-state index in [1.165, 1.54) is 0 Å². The zero-order valence-corrected chi connectivity index (χ0v) is 8.84. The predicted molar refractivity (Wildman–Crippen MR) is 51.4 cm³/mol. The lowest BCUT2D eigenvalue weighted by molar-refractivity contribution is -0.134. The lowest BCUT2D eigenvalue weighted by Gasteiger charge is -2.21. The number of halogens is 3. The molecular formula is C9H10F3NOS. The van der Waals surface area contributed by atoms with Gasteiger partial charge in [-0.1, -0.05) is 0 Å². The second-order valence-electron chi connectivity index (χ2n) is 3.40. The van der Waals surface area contributed by atoms with Crippen LogP contribution < -0.4 is 10.1 Å². The van der Waals surface area contributed by atoms with Gasteiger partial charge in [0.25, 0.3) is 0 Å². The van der Waals surface area contributed by atoms with Crippen LogP contribution in [0.1, 0.15) is 9.75 Å². The maximum absolute atomic E-state index is 12.4. The highest BCUT2D eigenvalue weighted by Gasteiger charge is 2.35. The number of nitrogens with one attached hydrogen (secondary N) is 1. The smallest absolute Gasteiger partial charge is 0.425 e. The number of alkyl halides is 3. The van der Waals surface area contributed by atoms with E-state index in [1.54, 1.807) is 7.05 Å². The lowest BCUT2D eigenvalue weighted by Crippen LogP contribution is -2.36. The number of likely N-dealkylation sites (N-methyl/N-ethyl adjacent to an activating group) is 1. The molecule has 0 saturated heterocycles. The largest absolute Gasteiger partial charge is 0.491 e. The number of hydrogen-bond acceptors (Lipinski definition) is 3. The fourth-order valence-electron chi connectivity index (χ4n) is 1.47. The Balaban J connectivity index is 2.26. The number of hydrogen-bond donors (Lipinski definition) is 1. The highest BCUT2D eigenvalue weighted by atomic mass is 32.1. The van der Waals surface area contributed by atoms with E-state index >= 15 is 0 Å². The second kappa shape index (κ2) is 3.68. The third-order valence-corrected chi connectivity index (χ3v) is 3.51. The normalized spacial score (nSPS) is 20.9. The first kappa shape index (κ1) is 10.8. The molecule has 84 valence electrons. The monoisotopic (exact) mass is 237 g/mol. The Bertz CT molecular complexity index is 361. The van der Waals surface area contributed by atoms with Crippen molar-refractivity contribution in [3.05, 3.63) is 15.8 Å². The van der Waals surface area contributed by atoms with Crippen molar-refractivity contribution in [1.82, 2.24) is 5.32 Å². The van der Waals surface area contributed by atoms with Crippen molar-refractivity contribution >= 4 is 11.3 Å². The van der Waals surface area contributed by atoms with Gasteiger partial charge in [0.05, 0.1) is 0 Å². The fraction of sp³-hybridized carbons (Fsp3) is 0.556. The summed E-state index contributed by atoms with van der Waals surface area (Å²) in [6.45, 7) is 0.428. The van der Waals surface area contributed by atoms with Crippen LogP contribution in [0.15, 0.2) is 6.07 Å². The molecule has 0 fully saturated rings. The molecule has 6 heteroatoms. The minimum atomic E-state index is -4.26. The molecule has 1 atom stereocenters. The van der Waals surface area contributed by atoms with Gasteiger partial charge in [-0.15, -0.1) is 11.3 Å². The molecule has 1 unspecified atom stereocenters. The summed E-state index contributed by atoms with van der Waals surface area (Å²) in [5.74, 6) is 0.388. The van der Waals surface area contributed by atoms with Gasteiger partial charge >= 0.3 is 6.18 Å². The molecule has 0 aromatic carbocycles. The van der Waals surface area contributed by atoms with E-state index in [9.17, 15) is 13.2 Å². The average molecular weight is 237 g/mol. The standard InChI is InChI=1S/C9H10F3NOS/c1-13-5-2-7-6(14-4-5)3-8(15-7)9(10,11)12/h3,5,13H,2,4H2,1H3. The Morgan fingerprint density at radius 3 is 2.87 bits per heavy atom. The minimum Gasteiger partial charge on any atom is -0.491 e. The number of thiophene rings is 1. The van der Waals surface area contributed by atoms with Gasteiger partial charge in [0, 0.05) is 23.4 Å². The molecule has 1 aromatic heterocycles. The first-order valence-corrected chi connectivity index (χ1v) is 5.32. The van der Waals surface area contributed by atoms with E-state index in [2.05, 4.69) is 5.32 Å². The molecule has 2 nitrogen and oxygen atoms in total. The van der Waals surface area contributed by atoms with Gasteiger partial charge in [0.2, 0.25) is 0 Å². The number of fused-ring (bicyclic) bond motifs is 1. The maximum atomic E-state index is 12.4. The van der Waals surface area contributed by atoms with Crippen LogP contribution in [0.25, 0.3) is 0 Å². The molecule has 0 amide bonds. The van der Waals surface area contributed by atoms with Crippen molar-refractivity contribution in [2.24, 2.45) is 0 Å². The molecule has 0 spiro atoms. The third kappa shape index (κ3) is 2.10. The first-order valence-electron chi connectivity index (χ1n) is 4.50. The topological polar surface area (TPSA) is 21.3 Å². The Kier molecular flexibility index (Phi) is 2.64. The molecule has 0 aliphatic carbocycles. The van der Waals surface area contributed by atoms with Gasteiger partial charge < -0.3 is 10.1 Å². The Morgan fingerprint density at radius 2 is 2.27 bits per heavy atom. The summed E-state index contributed by atoms with van der Waals surface area (Å²) in [5, 5.41) is 2.99. The summed E-state index contributed by atoms with van der Waals surface area (Å²) in [6, 6.07) is 1.20. The molecule has 15 heavy (non-hydrogen) atoms. The quantitative estimate of drug-likeness (QED) is 0.809. The first-order chi connectivity index (χ1) is 7.00. The zero-order chi connectivity index (χ0) is 11.1. The Hall–Kier alpha value is -0.750. The summed E-state index contributed by atoms with van der Waals surface area (Å²) in [7, 11) is 1.78. The van der Waals surface area contributed by atoms with Crippen molar-refractivity contribution in [3.63, 3.8) is 0 Å². The Morgan fingerprint density at radius 1 is 1.53 bits per heavy atom. The maximum Gasteiger partial charge on any atom is 0.425 e. The summed E-state index contributed by atoms with van der Waals surface area (Å²) in [5.41, 5.74) is 0. The molecule has 2 heterocycles. The number of ether oxygens (including phenoxy) is 1. The van der Waals surface area contributed by atoms with Crippen molar-refractivity contribution in [3.8, 4) is 5.75 Å². The lowest BCUT2D eigenvalue weighted by atomic mass is 10.1. The van der Waals surface area contributed by atoms with Gasteiger partial charge in [-0.25, -0.2) is 0 Å². The summed E-state index contributed by atoms with van der Waals surface area (Å²) in [4.78, 5) is 0.0946.